The van der Waals surface area contributed by atoms with Crippen LogP contribution in [0.3, 0.4) is 0 Å². The summed E-state index contributed by atoms with van der Waals surface area (Å²) in [5.74, 6) is -0.310. The number of methoxy groups -OCH3 is 1. The number of ether oxygens (including phenoxy) is 2. The van der Waals surface area contributed by atoms with E-state index in [-0.39, 0.29) is 11.4 Å². The van der Waals surface area contributed by atoms with Gasteiger partial charge in [0.15, 0.2) is 0 Å². The van der Waals surface area contributed by atoms with Crippen molar-refractivity contribution in [2.24, 2.45) is 0 Å². The summed E-state index contributed by atoms with van der Waals surface area (Å²) in [7, 11) is 1.69. The van der Waals surface area contributed by atoms with Gasteiger partial charge in [-0.1, -0.05) is 0 Å². The largest absolute Gasteiger partial charge is 0.378 e. The van der Waals surface area contributed by atoms with Crippen LogP contribution in [0.1, 0.15) is 12.0 Å². The van der Waals surface area contributed by atoms with Gasteiger partial charge in [0.2, 0.25) is 0 Å². The molecule has 5 heteroatoms. The maximum absolute atomic E-state index is 12.9. The topological polar surface area (TPSA) is 43.4 Å². The molecule has 1 fully saturated rings. The van der Waals surface area contributed by atoms with Crippen LogP contribution in [-0.2, 0) is 16.0 Å². The summed E-state index contributed by atoms with van der Waals surface area (Å²) in [4.78, 5) is 3.80. The van der Waals surface area contributed by atoms with E-state index in [9.17, 15) is 4.39 Å². The van der Waals surface area contributed by atoms with Crippen molar-refractivity contribution in [2.45, 2.75) is 18.6 Å². The number of halogens is 1. The Labute approximate surface area is 100 Å². The molecular formula is C12H17FN2O2. The molecule has 0 radical (unpaired) electrons. The van der Waals surface area contributed by atoms with Crippen molar-refractivity contribution < 1.29 is 13.9 Å². The minimum atomic E-state index is -0.310. The lowest BCUT2D eigenvalue weighted by atomic mass is 10.0. The molecule has 1 saturated heterocycles. The molecule has 2 heterocycles. The Balaban J connectivity index is 1.82. The Kier molecular flexibility index (Phi) is 4.04. The number of nitrogens with zero attached hydrogens (tertiary/aromatic N) is 1. The van der Waals surface area contributed by atoms with E-state index in [2.05, 4.69) is 10.3 Å². The highest BCUT2D eigenvalue weighted by Gasteiger charge is 2.34. The minimum absolute atomic E-state index is 0.235. The van der Waals surface area contributed by atoms with Crippen LogP contribution in [0, 0.1) is 5.82 Å². The van der Waals surface area contributed by atoms with Crippen LogP contribution in [-0.4, -0.2) is 37.5 Å². The first-order chi connectivity index (χ1) is 8.24. The smallest absolute Gasteiger partial charge is 0.141 e. The molecule has 0 bridgehead atoms. The Morgan fingerprint density at radius 1 is 1.59 bits per heavy atom. The summed E-state index contributed by atoms with van der Waals surface area (Å²) in [5.41, 5.74) is 0.593. The average molecular weight is 240 g/mol. The fraction of sp³-hybridized carbons (Fsp3) is 0.583. The molecule has 1 aliphatic rings. The number of hydrogen-bond acceptors (Lipinski definition) is 4. The number of hydrogen-bond donors (Lipinski definition) is 1. The minimum Gasteiger partial charge on any atom is -0.378 e. The quantitative estimate of drug-likeness (QED) is 0.837. The third kappa shape index (κ3) is 3.21. The summed E-state index contributed by atoms with van der Waals surface area (Å²) in [6.07, 6.45) is 3.74. The van der Waals surface area contributed by atoms with Crippen LogP contribution in [0.2, 0.25) is 0 Å². The van der Waals surface area contributed by atoms with Crippen molar-refractivity contribution in [2.75, 3.05) is 26.9 Å². The van der Waals surface area contributed by atoms with Crippen LogP contribution in [0.15, 0.2) is 18.5 Å². The van der Waals surface area contributed by atoms with Gasteiger partial charge in [0.1, 0.15) is 11.4 Å². The Morgan fingerprint density at radius 3 is 3.12 bits per heavy atom. The van der Waals surface area contributed by atoms with Crippen LogP contribution in [0.5, 0.6) is 0 Å². The number of rotatable bonds is 5. The Morgan fingerprint density at radius 2 is 2.47 bits per heavy atom. The molecule has 1 atom stereocenters. The van der Waals surface area contributed by atoms with E-state index in [1.807, 2.05) is 0 Å². The Hall–Kier alpha value is -1.04. The number of nitrogens with one attached hydrogen (secondary N) is 1. The van der Waals surface area contributed by atoms with E-state index in [1.165, 1.54) is 12.3 Å². The van der Waals surface area contributed by atoms with E-state index in [0.29, 0.717) is 19.7 Å². The SMILES string of the molecule is COC1(CNCc2cncc(F)c2)CCOC1. The van der Waals surface area contributed by atoms with E-state index in [0.717, 1.165) is 18.6 Å². The van der Waals surface area contributed by atoms with Gasteiger partial charge in [-0.15, -0.1) is 0 Å². The normalized spacial score (nSPS) is 24.1. The van der Waals surface area contributed by atoms with Gasteiger partial charge in [-0.3, -0.25) is 4.98 Å². The summed E-state index contributed by atoms with van der Waals surface area (Å²) < 4.78 is 23.7. The van der Waals surface area contributed by atoms with Gasteiger partial charge < -0.3 is 14.8 Å². The molecular weight excluding hydrogens is 223 g/mol. The van der Waals surface area contributed by atoms with Crippen molar-refractivity contribution in [1.82, 2.24) is 10.3 Å². The fourth-order valence-corrected chi connectivity index (χ4v) is 1.95. The molecule has 1 unspecified atom stereocenters. The van der Waals surface area contributed by atoms with Crippen molar-refractivity contribution in [3.63, 3.8) is 0 Å². The first-order valence-electron chi connectivity index (χ1n) is 5.67. The summed E-state index contributed by atoms with van der Waals surface area (Å²) in [6, 6.07) is 1.48. The molecule has 1 aromatic heterocycles. The van der Waals surface area contributed by atoms with Gasteiger partial charge in [0.25, 0.3) is 0 Å². The molecule has 2 rings (SSSR count). The maximum Gasteiger partial charge on any atom is 0.141 e. The molecule has 1 aliphatic heterocycles. The van der Waals surface area contributed by atoms with Gasteiger partial charge in [-0.05, 0) is 11.6 Å². The van der Waals surface area contributed by atoms with Crippen molar-refractivity contribution in [1.29, 1.82) is 0 Å². The predicted molar refractivity (Wildman–Crippen MR) is 61.1 cm³/mol. The molecule has 4 nitrogen and oxygen atoms in total. The van der Waals surface area contributed by atoms with E-state index >= 15 is 0 Å². The van der Waals surface area contributed by atoms with Crippen LogP contribution < -0.4 is 5.32 Å². The molecule has 1 aromatic rings. The second kappa shape index (κ2) is 5.53. The zero-order valence-corrected chi connectivity index (χ0v) is 9.91. The fourth-order valence-electron chi connectivity index (χ4n) is 1.95. The molecule has 0 aromatic carbocycles. The molecule has 0 amide bonds. The first-order valence-corrected chi connectivity index (χ1v) is 5.67. The van der Waals surface area contributed by atoms with Gasteiger partial charge >= 0.3 is 0 Å². The third-order valence-electron chi connectivity index (χ3n) is 3.04. The lowest BCUT2D eigenvalue weighted by molar-refractivity contribution is -0.0159. The van der Waals surface area contributed by atoms with Gasteiger partial charge in [0.05, 0.1) is 12.8 Å². The van der Waals surface area contributed by atoms with E-state index in [1.54, 1.807) is 13.3 Å². The predicted octanol–water partition coefficient (Wildman–Crippen LogP) is 1.12. The van der Waals surface area contributed by atoms with Crippen molar-refractivity contribution in [3.8, 4) is 0 Å². The molecule has 0 spiro atoms. The molecule has 0 saturated carbocycles. The summed E-state index contributed by atoms with van der Waals surface area (Å²) in [6.45, 7) is 2.62. The Bertz CT molecular complexity index is 367. The van der Waals surface area contributed by atoms with Gasteiger partial charge in [-0.25, -0.2) is 4.39 Å². The highest BCUT2D eigenvalue weighted by molar-refractivity contribution is 5.09. The second-order valence-corrected chi connectivity index (χ2v) is 4.30. The lowest BCUT2D eigenvalue weighted by Gasteiger charge is -2.26. The van der Waals surface area contributed by atoms with Crippen LogP contribution in [0.25, 0.3) is 0 Å². The lowest BCUT2D eigenvalue weighted by Crippen LogP contribution is -2.42. The summed E-state index contributed by atoms with van der Waals surface area (Å²) in [5, 5.41) is 3.25. The first kappa shape index (κ1) is 12.4. The monoisotopic (exact) mass is 240 g/mol. The molecule has 1 N–H and O–H groups in total. The molecule has 94 valence electrons. The third-order valence-corrected chi connectivity index (χ3v) is 3.04. The molecule has 17 heavy (non-hydrogen) atoms. The van der Waals surface area contributed by atoms with Gasteiger partial charge in [-0.2, -0.15) is 0 Å². The summed E-state index contributed by atoms with van der Waals surface area (Å²) >= 11 is 0. The van der Waals surface area contributed by atoms with E-state index in [4.69, 9.17) is 9.47 Å². The van der Waals surface area contributed by atoms with Crippen molar-refractivity contribution in [3.05, 3.63) is 29.8 Å². The highest BCUT2D eigenvalue weighted by atomic mass is 19.1. The maximum atomic E-state index is 12.9. The highest BCUT2D eigenvalue weighted by Crippen LogP contribution is 2.21. The van der Waals surface area contributed by atoms with Crippen LogP contribution in [0.4, 0.5) is 4.39 Å². The second-order valence-electron chi connectivity index (χ2n) is 4.30. The van der Waals surface area contributed by atoms with Crippen molar-refractivity contribution >= 4 is 0 Å². The standard InChI is InChI=1S/C12H17FN2O2/c1-16-12(2-3-17-9-12)8-15-6-10-4-11(13)7-14-5-10/h4-5,7,15H,2-3,6,8-9H2,1H3. The number of pyridine rings is 1. The average Bonchev–Trinajstić information content (AvgIpc) is 2.79. The van der Waals surface area contributed by atoms with Crippen LogP contribution >= 0.6 is 0 Å². The number of aromatic nitrogens is 1. The van der Waals surface area contributed by atoms with E-state index < -0.39 is 0 Å². The zero-order chi connectivity index (χ0) is 12.1. The molecule has 0 aliphatic carbocycles. The zero-order valence-electron chi connectivity index (χ0n) is 9.91. The van der Waals surface area contributed by atoms with Gasteiger partial charge in [0, 0.05) is 39.4 Å².